The van der Waals surface area contributed by atoms with Crippen LogP contribution in [0.4, 0.5) is 5.69 Å². The normalized spacial score (nSPS) is 25.2. The molecule has 2 atom stereocenters. The van der Waals surface area contributed by atoms with Gasteiger partial charge in [0.25, 0.3) is 5.91 Å². The second kappa shape index (κ2) is 7.28. The molecule has 31 heavy (non-hydrogen) atoms. The largest absolute Gasteiger partial charge is 0.312 e. The molecule has 2 aliphatic rings. The molecule has 164 valence electrons. The van der Waals surface area contributed by atoms with Gasteiger partial charge in [-0.25, -0.2) is 5.43 Å². The maximum atomic E-state index is 12.6. The highest BCUT2D eigenvalue weighted by Crippen LogP contribution is 2.63. The SMILES string of the molecule is Cc1nn(Cc2ccc(C(=O)N/N=C3/C[C@H]4CC[C@@]3(C)C4(C)C)cc2)c(C)c1[N+](=O)[O-]. The number of hydrogen-bond acceptors (Lipinski definition) is 5. The monoisotopic (exact) mass is 423 g/mol. The standard InChI is InChI=1S/C23H29N5O3/c1-14-20(28(30)31)15(2)27(26-14)13-16-6-8-17(9-7-16)21(29)25-24-19-12-18-10-11-23(19,5)22(18,3)4/h6-9,18H,10-13H2,1-5H3,(H,25,29)/b24-19-/t18-,23-/m1/s1. The van der Waals surface area contributed by atoms with Crippen LogP contribution in [0.2, 0.25) is 0 Å². The van der Waals surface area contributed by atoms with Crippen LogP contribution in [0.15, 0.2) is 29.4 Å². The van der Waals surface area contributed by atoms with E-state index in [1.807, 2.05) is 12.1 Å². The third-order valence-electron chi connectivity index (χ3n) is 7.88. The zero-order valence-corrected chi connectivity index (χ0v) is 18.7. The number of nitrogens with zero attached hydrogens (tertiary/aromatic N) is 4. The Balaban J connectivity index is 1.44. The van der Waals surface area contributed by atoms with Gasteiger partial charge in [-0.2, -0.15) is 10.2 Å². The summed E-state index contributed by atoms with van der Waals surface area (Å²) in [5.41, 5.74) is 6.52. The van der Waals surface area contributed by atoms with Gasteiger partial charge < -0.3 is 0 Å². The highest BCUT2D eigenvalue weighted by molar-refractivity contribution is 5.98. The Morgan fingerprint density at radius 2 is 1.97 bits per heavy atom. The molecule has 0 spiro atoms. The second-order valence-corrected chi connectivity index (χ2v) is 9.62. The number of amides is 1. The van der Waals surface area contributed by atoms with Crippen molar-refractivity contribution in [3.8, 4) is 0 Å². The van der Waals surface area contributed by atoms with Crippen molar-refractivity contribution in [1.82, 2.24) is 15.2 Å². The van der Waals surface area contributed by atoms with Crippen LogP contribution >= 0.6 is 0 Å². The highest BCUT2D eigenvalue weighted by Gasteiger charge is 2.60. The zero-order chi connectivity index (χ0) is 22.6. The Labute approximate surface area is 181 Å². The molecule has 2 aliphatic carbocycles. The number of nitrogens with one attached hydrogen (secondary N) is 1. The van der Waals surface area contributed by atoms with Gasteiger partial charge in [0.1, 0.15) is 11.4 Å². The Morgan fingerprint density at radius 1 is 1.29 bits per heavy atom. The average Bonchev–Trinajstić information content (AvgIpc) is 3.19. The van der Waals surface area contributed by atoms with Crippen LogP contribution in [0.25, 0.3) is 0 Å². The summed E-state index contributed by atoms with van der Waals surface area (Å²) >= 11 is 0. The molecule has 4 rings (SSSR count). The maximum absolute atomic E-state index is 12.6. The number of benzene rings is 1. The number of aryl methyl sites for hydroxylation is 1. The molecule has 1 heterocycles. The molecule has 8 nitrogen and oxygen atoms in total. The summed E-state index contributed by atoms with van der Waals surface area (Å²) in [4.78, 5) is 23.4. The number of nitro groups is 1. The fourth-order valence-electron chi connectivity index (χ4n) is 5.32. The summed E-state index contributed by atoms with van der Waals surface area (Å²) in [5.74, 6) is 0.405. The van der Waals surface area contributed by atoms with E-state index in [2.05, 4.69) is 36.4 Å². The summed E-state index contributed by atoms with van der Waals surface area (Å²) < 4.78 is 1.62. The lowest BCUT2D eigenvalue weighted by Gasteiger charge is -2.34. The van der Waals surface area contributed by atoms with Crippen molar-refractivity contribution in [3.05, 3.63) is 56.9 Å². The Morgan fingerprint density at radius 3 is 2.48 bits per heavy atom. The topological polar surface area (TPSA) is 102 Å². The fraction of sp³-hybridized carbons (Fsp3) is 0.522. The van der Waals surface area contributed by atoms with Gasteiger partial charge >= 0.3 is 5.69 Å². The van der Waals surface area contributed by atoms with Crippen LogP contribution in [0, 0.1) is 40.7 Å². The number of carbonyl (C=O) groups excluding carboxylic acids is 1. The molecular formula is C23H29N5O3. The van der Waals surface area contributed by atoms with Crippen LogP contribution in [0.5, 0.6) is 0 Å². The summed E-state index contributed by atoms with van der Waals surface area (Å²) in [7, 11) is 0. The van der Waals surface area contributed by atoms with Crippen LogP contribution in [0.1, 0.15) is 67.3 Å². The van der Waals surface area contributed by atoms with Gasteiger partial charge in [-0.3, -0.25) is 19.6 Å². The van der Waals surface area contributed by atoms with E-state index < -0.39 is 4.92 Å². The predicted octanol–water partition coefficient (Wildman–Crippen LogP) is 4.39. The first kappa shape index (κ1) is 21.2. The molecule has 2 bridgehead atoms. The Bertz CT molecular complexity index is 1080. The molecule has 8 heteroatoms. The quantitative estimate of drug-likeness (QED) is 0.569. The number of rotatable bonds is 5. The van der Waals surface area contributed by atoms with Crippen molar-refractivity contribution in [1.29, 1.82) is 0 Å². The first-order valence-corrected chi connectivity index (χ1v) is 10.7. The lowest BCUT2D eigenvalue weighted by atomic mass is 9.70. The van der Waals surface area contributed by atoms with Crippen molar-refractivity contribution in [2.75, 3.05) is 0 Å². The zero-order valence-electron chi connectivity index (χ0n) is 18.7. The molecule has 1 aromatic carbocycles. The first-order chi connectivity index (χ1) is 14.5. The molecule has 0 saturated heterocycles. The van der Waals surface area contributed by atoms with Gasteiger partial charge in [0.2, 0.25) is 0 Å². The van der Waals surface area contributed by atoms with E-state index in [9.17, 15) is 14.9 Å². The van der Waals surface area contributed by atoms with Crippen LogP contribution in [-0.4, -0.2) is 26.3 Å². The van der Waals surface area contributed by atoms with E-state index in [0.717, 1.165) is 24.1 Å². The van der Waals surface area contributed by atoms with Gasteiger partial charge in [-0.05, 0) is 62.1 Å². The van der Waals surface area contributed by atoms with E-state index in [1.165, 1.54) is 6.42 Å². The van der Waals surface area contributed by atoms with Crippen LogP contribution in [0.3, 0.4) is 0 Å². The molecule has 2 fully saturated rings. The third-order valence-corrected chi connectivity index (χ3v) is 7.88. The molecule has 1 N–H and O–H groups in total. The second-order valence-electron chi connectivity index (χ2n) is 9.62. The minimum absolute atomic E-state index is 0.0487. The van der Waals surface area contributed by atoms with Crippen molar-refractivity contribution in [2.24, 2.45) is 21.8 Å². The highest BCUT2D eigenvalue weighted by atomic mass is 16.6. The minimum Gasteiger partial charge on any atom is -0.267 e. The molecule has 2 aromatic rings. The van der Waals surface area contributed by atoms with Gasteiger partial charge in [-0.1, -0.05) is 32.9 Å². The summed E-state index contributed by atoms with van der Waals surface area (Å²) in [5, 5.41) is 20.0. The van der Waals surface area contributed by atoms with Gasteiger partial charge in [-0.15, -0.1) is 0 Å². The molecule has 0 radical (unpaired) electrons. The van der Waals surface area contributed by atoms with E-state index in [-0.39, 0.29) is 22.4 Å². The van der Waals surface area contributed by atoms with Crippen molar-refractivity contribution in [2.45, 2.75) is 60.4 Å². The summed E-state index contributed by atoms with van der Waals surface area (Å²) in [6.45, 7) is 10.6. The van der Waals surface area contributed by atoms with Gasteiger partial charge in [0.05, 0.1) is 11.5 Å². The smallest absolute Gasteiger partial charge is 0.267 e. The van der Waals surface area contributed by atoms with Crippen LogP contribution < -0.4 is 5.43 Å². The minimum atomic E-state index is -0.402. The van der Waals surface area contributed by atoms with E-state index in [0.29, 0.717) is 29.4 Å². The number of hydrogen-bond donors (Lipinski definition) is 1. The Hall–Kier alpha value is -3.03. The summed E-state index contributed by atoms with van der Waals surface area (Å²) in [6, 6.07) is 7.17. The predicted molar refractivity (Wildman–Crippen MR) is 118 cm³/mol. The average molecular weight is 424 g/mol. The van der Waals surface area contributed by atoms with E-state index in [1.54, 1.807) is 30.7 Å². The molecular weight excluding hydrogens is 394 g/mol. The molecule has 2 saturated carbocycles. The molecule has 1 aromatic heterocycles. The number of hydrazone groups is 1. The van der Waals surface area contributed by atoms with E-state index in [4.69, 9.17) is 0 Å². The van der Waals surface area contributed by atoms with Crippen LogP contribution in [-0.2, 0) is 6.54 Å². The Kier molecular flexibility index (Phi) is 4.98. The summed E-state index contributed by atoms with van der Waals surface area (Å²) in [6.07, 6.45) is 3.31. The number of aromatic nitrogens is 2. The van der Waals surface area contributed by atoms with E-state index >= 15 is 0 Å². The lowest BCUT2D eigenvalue weighted by Crippen LogP contribution is -2.34. The lowest BCUT2D eigenvalue weighted by molar-refractivity contribution is -0.386. The molecule has 1 amide bonds. The number of fused-ring (bicyclic) bond motifs is 2. The first-order valence-electron chi connectivity index (χ1n) is 10.7. The van der Waals surface area contributed by atoms with Gasteiger partial charge in [0.15, 0.2) is 0 Å². The third kappa shape index (κ3) is 3.34. The number of carbonyl (C=O) groups is 1. The maximum Gasteiger partial charge on any atom is 0.312 e. The van der Waals surface area contributed by atoms with Crippen molar-refractivity contribution < 1.29 is 9.72 Å². The molecule has 0 unspecified atom stereocenters. The molecule has 0 aliphatic heterocycles. The van der Waals surface area contributed by atoms with Gasteiger partial charge in [0, 0.05) is 16.7 Å². The van der Waals surface area contributed by atoms with Crippen molar-refractivity contribution in [3.63, 3.8) is 0 Å². The van der Waals surface area contributed by atoms with Crippen molar-refractivity contribution >= 4 is 17.3 Å². The fourth-order valence-corrected chi connectivity index (χ4v) is 5.32.